The fourth-order valence-corrected chi connectivity index (χ4v) is 9.67. The Hall–Kier alpha value is -9.36. The number of para-hydroxylation sites is 4. The van der Waals surface area contributed by atoms with E-state index in [0.717, 1.165) is 105 Å². The number of nitriles is 2. The Balaban J connectivity index is 1.10. The van der Waals surface area contributed by atoms with Crippen molar-refractivity contribution in [3.05, 3.63) is 230 Å². The van der Waals surface area contributed by atoms with Crippen LogP contribution < -0.4 is 0 Å². The molecule has 306 valence electrons. The van der Waals surface area contributed by atoms with Crippen molar-refractivity contribution in [2.75, 3.05) is 0 Å². The third-order valence-corrected chi connectivity index (χ3v) is 12.7. The zero-order valence-corrected chi connectivity index (χ0v) is 35.5. The number of fused-ring (bicyclic) bond motifs is 6. The van der Waals surface area contributed by atoms with Crippen LogP contribution in [0, 0.1) is 22.7 Å². The van der Waals surface area contributed by atoms with Gasteiger partial charge in [0.05, 0.1) is 68.1 Å². The number of nitrogens with zero attached hydrogens (tertiary/aromatic N) is 6. The second kappa shape index (κ2) is 15.8. The zero-order valence-electron chi connectivity index (χ0n) is 35.5. The predicted molar refractivity (Wildman–Crippen MR) is 267 cm³/mol. The van der Waals surface area contributed by atoms with Gasteiger partial charge in [0.1, 0.15) is 0 Å². The van der Waals surface area contributed by atoms with Gasteiger partial charge in [-0.15, -0.1) is 0 Å². The second-order valence-electron chi connectivity index (χ2n) is 16.3. The molecule has 9 aromatic carbocycles. The first kappa shape index (κ1) is 38.3. The van der Waals surface area contributed by atoms with E-state index in [1.807, 2.05) is 72.8 Å². The highest BCUT2D eigenvalue weighted by molar-refractivity contribution is 6.12. The molecule has 0 N–H and O–H groups in total. The summed E-state index contributed by atoms with van der Waals surface area (Å²) in [5, 5.41) is 24.6. The molecular weight excluding hydrogens is 805 g/mol. The van der Waals surface area contributed by atoms with Crippen molar-refractivity contribution in [3.63, 3.8) is 0 Å². The monoisotopic (exact) mass is 840 g/mol. The summed E-state index contributed by atoms with van der Waals surface area (Å²) in [5.74, 6) is 0.589. The van der Waals surface area contributed by atoms with Crippen LogP contribution in [-0.4, -0.2) is 19.1 Å². The van der Waals surface area contributed by atoms with Gasteiger partial charge in [-0.3, -0.25) is 0 Å². The molecule has 3 heterocycles. The van der Waals surface area contributed by atoms with Gasteiger partial charge in [0.15, 0.2) is 5.82 Å². The average Bonchev–Trinajstić information content (AvgIpc) is 3.90. The van der Waals surface area contributed by atoms with Crippen LogP contribution in [-0.2, 0) is 0 Å². The summed E-state index contributed by atoms with van der Waals surface area (Å²) in [6.45, 7) is 0. The fourth-order valence-electron chi connectivity index (χ4n) is 9.67. The smallest absolute Gasteiger partial charge is 0.162 e. The van der Waals surface area contributed by atoms with E-state index >= 15 is 0 Å². The van der Waals surface area contributed by atoms with Gasteiger partial charge in [-0.2, -0.15) is 10.5 Å². The van der Waals surface area contributed by atoms with E-state index in [9.17, 15) is 10.5 Å². The minimum atomic E-state index is 0.589. The van der Waals surface area contributed by atoms with E-state index in [-0.39, 0.29) is 0 Å². The topological polar surface area (TPSA) is 83.2 Å². The van der Waals surface area contributed by atoms with Crippen molar-refractivity contribution in [2.24, 2.45) is 0 Å². The van der Waals surface area contributed by atoms with Crippen molar-refractivity contribution < 1.29 is 0 Å². The van der Waals surface area contributed by atoms with Gasteiger partial charge in [-0.1, -0.05) is 158 Å². The molecular formula is C60H36N6. The Kier molecular flexibility index (Phi) is 9.16. The van der Waals surface area contributed by atoms with E-state index in [0.29, 0.717) is 17.0 Å². The van der Waals surface area contributed by atoms with Crippen LogP contribution in [0.15, 0.2) is 218 Å². The highest BCUT2D eigenvalue weighted by Crippen LogP contribution is 2.41. The van der Waals surface area contributed by atoms with Crippen LogP contribution in [0.1, 0.15) is 11.1 Å². The van der Waals surface area contributed by atoms with Gasteiger partial charge in [0.25, 0.3) is 0 Å². The second-order valence-corrected chi connectivity index (χ2v) is 16.3. The molecule has 0 spiro atoms. The standard InChI is InChI=1S/C60H36N6/c61-37-42-18-4-6-20-44(42)40-30-32-48-46-22-8-12-26-54(46)65(58(48)34-40)56-28-14-10-24-50(56)53-36-52(39-16-2-1-3-17-39)63-60(64-53)51-25-11-15-29-57(51)66-55-27-13-9-23-47(55)49-33-31-41(35-59(49)66)45-21-7-5-19-43(45)38-62/h1-36H. The Morgan fingerprint density at radius 3 is 1.30 bits per heavy atom. The van der Waals surface area contributed by atoms with Crippen molar-refractivity contribution in [3.8, 4) is 79.7 Å². The Labute approximate surface area is 380 Å². The molecule has 0 aliphatic rings. The van der Waals surface area contributed by atoms with Crippen LogP contribution >= 0.6 is 0 Å². The summed E-state index contributed by atoms with van der Waals surface area (Å²) in [4.78, 5) is 10.9. The summed E-state index contributed by atoms with van der Waals surface area (Å²) in [5.41, 5.74) is 15.4. The zero-order chi connectivity index (χ0) is 44.1. The van der Waals surface area contributed by atoms with Crippen LogP contribution in [0.2, 0.25) is 0 Å². The number of rotatable bonds is 7. The highest BCUT2D eigenvalue weighted by atomic mass is 15.0. The average molecular weight is 841 g/mol. The molecule has 0 radical (unpaired) electrons. The Morgan fingerprint density at radius 1 is 0.318 bits per heavy atom. The normalized spacial score (nSPS) is 11.3. The van der Waals surface area contributed by atoms with E-state index in [4.69, 9.17) is 9.97 Å². The van der Waals surface area contributed by atoms with E-state index in [2.05, 4.69) is 167 Å². The third-order valence-electron chi connectivity index (χ3n) is 12.7. The molecule has 12 aromatic rings. The lowest BCUT2D eigenvalue weighted by Gasteiger charge is -2.17. The van der Waals surface area contributed by atoms with Gasteiger partial charge < -0.3 is 9.13 Å². The fraction of sp³-hybridized carbons (Fsp3) is 0. The summed E-state index contributed by atoms with van der Waals surface area (Å²) < 4.78 is 4.64. The number of aromatic nitrogens is 4. The Bertz CT molecular complexity index is 3740. The van der Waals surface area contributed by atoms with Crippen molar-refractivity contribution >= 4 is 43.6 Å². The lowest BCUT2D eigenvalue weighted by atomic mass is 9.99. The van der Waals surface area contributed by atoms with Gasteiger partial charge in [0.2, 0.25) is 0 Å². The van der Waals surface area contributed by atoms with Crippen LogP contribution in [0.25, 0.3) is 111 Å². The van der Waals surface area contributed by atoms with E-state index in [1.165, 1.54) is 0 Å². The minimum Gasteiger partial charge on any atom is -0.309 e. The van der Waals surface area contributed by atoms with E-state index in [1.54, 1.807) is 0 Å². The number of benzene rings is 9. The maximum absolute atomic E-state index is 10.1. The van der Waals surface area contributed by atoms with Crippen molar-refractivity contribution in [2.45, 2.75) is 0 Å². The highest BCUT2D eigenvalue weighted by Gasteiger charge is 2.22. The minimum absolute atomic E-state index is 0.589. The van der Waals surface area contributed by atoms with Crippen LogP contribution in [0.5, 0.6) is 0 Å². The number of hydrogen-bond donors (Lipinski definition) is 0. The van der Waals surface area contributed by atoms with Crippen molar-refractivity contribution in [1.29, 1.82) is 10.5 Å². The maximum atomic E-state index is 10.1. The molecule has 6 nitrogen and oxygen atoms in total. The van der Waals surface area contributed by atoms with Crippen LogP contribution in [0.3, 0.4) is 0 Å². The summed E-state index contributed by atoms with van der Waals surface area (Å²) in [6.07, 6.45) is 0. The van der Waals surface area contributed by atoms with Gasteiger partial charge >= 0.3 is 0 Å². The number of hydrogen-bond acceptors (Lipinski definition) is 4. The summed E-state index contributed by atoms with van der Waals surface area (Å²) in [6, 6.07) is 79.5. The first-order chi connectivity index (χ1) is 32.7. The molecule has 0 aliphatic carbocycles. The molecule has 0 atom stereocenters. The van der Waals surface area contributed by atoms with Gasteiger partial charge in [-0.05, 0) is 82.9 Å². The van der Waals surface area contributed by atoms with E-state index < -0.39 is 0 Å². The third kappa shape index (κ3) is 6.25. The lowest BCUT2D eigenvalue weighted by molar-refractivity contribution is 1.13. The molecule has 0 fully saturated rings. The quantitative estimate of drug-likeness (QED) is 0.160. The largest absolute Gasteiger partial charge is 0.309 e. The molecule has 12 rings (SSSR count). The first-order valence-corrected chi connectivity index (χ1v) is 21.9. The Morgan fingerprint density at radius 2 is 0.742 bits per heavy atom. The molecule has 66 heavy (non-hydrogen) atoms. The molecule has 3 aromatic heterocycles. The summed E-state index contributed by atoms with van der Waals surface area (Å²) in [7, 11) is 0. The van der Waals surface area contributed by atoms with Crippen LogP contribution in [0.4, 0.5) is 0 Å². The molecule has 0 unspecified atom stereocenters. The molecule has 0 aliphatic heterocycles. The predicted octanol–water partition coefficient (Wildman–Crippen LogP) is 14.7. The SMILES string of the molecule is N#Cc1ccccc1-c1ccc2c3ccccc3n(-c3ccccc3-c3cc(-c4ccccc4)nc(-c4ccccc4-n4c5ccccc5c5ccc(-c6ccccc6C#N)cc54)n3)c2c1. The summed E-state index contributed by atoms with van der Waals surface area (Å²) >= 11 is 0. The first-order valence-electron chi connectivity index (χ1n) is 21.9. The maximum Gasteiger partial charge on any atom is 0.162 e. The molecule has 0 amide bonds. The van der Waals surface area contributed by atoms with Gasteiger partial charge in [0, 0.05) is 38.2 Å². The molecule has 0 saturated heterocycles. The van der Waals surface area contributed by atoms with Crippen molar-refractivity contribution in [1.82, 2.24) is 19.1 Å². The van der Waals surface area contributed by atoms with Gasteiger partial charge in [-0.25, -0.2) is 9.97 Å². The molecule has 6 heteroatoms. The lowest BCUT2D eigenvalue weighted by Crippen LogP contribution is -2.03. The molecule has 0 bridgehead atoms. The molecule has 0 saturated carbocycles.